The van der Waals surface area contributed by atoms with Crippen molar-refractivity contribution in [3.8, 4) is 5.75 Å². The van der Waals surface area contributed by atoms with E-state index in [0.717, 1.165) is 12.2 Å². The minimum absolute atomic E-state index is 0.0247. The molecule has 0 spiro atoms. The Morgan fingerprint density at radius 3 is 2.76 bits per heavy atom. The van der Waals surface area contributed by atoms with Crippen LogP contribution in [-0.4, -0.2) is 43.4 Å². The van der Waals surface area contributed by atoms with Gasteiger partial charge in [0.05, 0.1) is 18.1 Å². The van der Waals surface area contributed by atoms with Crippen molar-refractivity contribution in [1.29, 1.82) is 0 Å². The van der Waals surface area contributed by atoms with Crippen molar-refractivity contribution < 1.29 is 22.4 Å². The van der Waals surface area contributed by atoms with Gasteiger partial charge in [-0.1, -0.05) is 24.6 Å². The first kappa shape index (κ1) is 20.3. The SMILES string of the molecule is CC1CC1c1ccc(CN(C(=O)COc2cccc(Cl)c2)C2CCS(=O)(=O)C2)o1. The summed E-state index contributed by atoms with van der Waals surface area (Å²) in [5.74, 6) is 2.97. The number of carbonyl (C=O) groups is 1. The van der Waals surface area contributed by atoms with Crippen molar-refractivity contribution in [1.82, 2.24) is 4.90 Å². The van der Waals surface area contributed by atoms with Crippen molar-refractivity contribution in [2.75, 3.05) is 18.1 Å². The van der Waals surface area contributed by atoms with Gasteiger partial charge in [-0.3, -0.25) is 4.79 Å². The quantitative estimate of drug-likeness (QED) is 0.660. The lowest BCUT2D eigenvalue weighted by molar-refractivity contribution is -0.136. The van der Waals surface area contributed by atoms with Crippen LogP contribution in [0.1, 0.15) is 37.2 Å². The molecule has 1 aromatic heterocycles. The van der Waals surface area contributed by atoms with Gasteiger partial charge in [0.2, 0.25) is 0 Å². The Labute approximate surface area is 175 Å². The van der Waals surface area contributed by atoms with Crippen LogP contribution in [0.4, 0.5) is 0 Å². The lowest BCUT2D eigenvalue weighted by Crippen LogP contribution is -2.43. The third-order valence-corrected chi connectivity index (χ3v) is 7.60. The summed E-state index contributed by atoms with van der Waals surface area (Å²) in [5.41, 5.74) is 0. The molecule has 1 aliphatic carbocycles. The van der Waals surface area contributed by atoms with Gasteiger partial charge in [-0.05, 0) is 49.1 Å². The first-order valence-corrected chi connectivity index (χ1v) is 12.0. The van der Waals surface area contributed by atoms with E-state index < -0.39 is 9.84 Å². The number of nitrogens with zero attached hydrogens (tertiary/aromatic N) is 1. The Balaban J connectivity index is 1.47. The molecule has 1 saturated heterocycles. The molecule has 2 fully saturated rings. The molecular weight excluding hydrogens is 414 g/mol. The molecule has 0 N–H and O–H groups in total. The van der Waals surface area contributed by atoms with Crippen molar-refractivity contribution in [2.45, 2.75) is 38.3 Å². The molecule has 29 heavy (non-hydrogen) atoms. The molecule has 1 aliphatic heterocycles. The molecule has 0 radical (unpaired) electrons. The van der Waals surface area contributed by atoms with E-state index in [2.05, 4.69) is 6.92 Å². The van der Waals surface area contributed by atoms with E-state index >= 15 is 0 Å². The second kappa shape index (κ2) is 8.03. The van der Waals surface area contributed by atoms with Crippen LogP contribution >= 0.6 is 11.6 Å². The van der Waals surface area contributed by atoms with Crippen LogP contribution in [0.15, 0.2) is 40.8 Å². The molecule has 2 aliphatic rings. The summed E-state index contributed by atoms with van der Waals surface area (Å²) in [6.07, 6.45) is 1.54. The van der Waals surface area contributed by atoms with Gasteiger partial charge in [0, 0.05) is 17.0 Å². The van der Waals surface area contributed by atoms with Crippen molar-refractivity contribution in [2.24, 2.45) is 5.92 Å². The van der Waals surface area contributed by atoms with Crippen LogP contribution in [-0.2, 0) is 21.2 Å². The fourth-order valence-electron chi connectivity index (χ4n) is 3.79. The monoisotopic (exact) mass is 437 g/mol. The summed E-state index contributed by atoms with van der Waals surface area (Å²) in [5, 5.41) is 0.520. The number of benzene rings is 1. The smallest absolute Gasteiger partial charge is 0.261 e. The zero-order valence-corrected chi connectivity index (χ0v) is 17.8. The first-order valence-electron chi connectivity index (χ1n) is 9.77. The molecule has 1 saturated carbocycles. The Morgan fingerprint density at radius 1 is 1.31 bits per heavy atom. The van der Waals surface area contributed by atoms with Gasteiger partial charge in [0.15, 0.2) is 16.4 Å². The highest BCUT2D eigenvalue weighted by Crippen LogP contribution is 2.47. The van der Waals surface area contributed by atoms with Crippen LogP contribution in [0, 0.1) is 5.92 Å². The van der Waals surface area contributed by atoms with Crippen LogP contribution in [0.25, 0.3) is 0 Å². The molecule has 2 aromatic rings. The topological polar surface area (TPSA) is 76.8 Å². The third-order valence-electron chi connectivity index (χ3n) is 5.61. The van der Waals surface area contributed by atoms with Gasteiger partial charge >= 0.3 is 0 Å². The van der Waals surface area contributed by atoms with Crippen molar-refractivity contribution in [3.05, 3.63) is 52.9 Å². The number of rotatable bonds is 7. The highest BCUT2D eigenvalue weighted by molar-refractivity contribution is 7.91. The number of ether oxygens (including phenoxy) is 1. The maximum Gasteiger partial charge on any atom is 0.261 e. The number of carbonyl (C=O) groups excluding carboxylic acids is 1. The van der Waals surface area contributed by atoms with Crippen LogP contribution < -0.4 is 4.74 Å². The molecule has 3 atom stereocenters. The maximum absolute atomic E-state index is 12.9. The molecule has 4 rings (SSSR count). The van der Waals surface area contributed by atoms with Crippen molar-refractivity contribution >= 4 is 27.3 Å². The summed E-state index contributed by atoms with van der Waals surface area (Å²) >= 11 is 5.95. The Kier molecular flexibility index (Phi) is 5.62. The fourth-order valence-corrected chi connectivity index (χ4v) is 5.70. The normalized spacial score (nSPS) is 25.0. The highest BCUT2D eigenvalue weighted by atomic mass is 35.5. The summed E-state index contributed by atoms with van der Waals surface area (Å²) in [4.78, 5) is 14.5. The predicted molar refractivity (Wildman–Crippen MR) is 110 cm³/mol. The number of hydrogen-bond acceptors (Lipinski definition) is 5. The van der Waals surface area contributed by atoms with Gasteiger partial charge in [-0.25, -0.2) is 8.42 Å². The zero-order valence-electron chi connectivity index (χ0n) is 16.2. The largest absolute Gasteiger partial charge is 0.484 e. The van der Waals surface area contributed by atoms with Crippen molar-refractivity contribution in [3.63, 3.8) is 0 Å². The van der Waals surface area contributed by atoms with Gasteiger partial charge in [-0.2, -0.15) is 0 Å². The summed E-state index contributed by atoms with van der Waals surface area (Å²) in [6, 6.07) is 10.3. The molecule has 2 heterocycles. The number of halogens is 1. The van der Waals surface area contributed by atoms with Crippen LogP contribution in [0.5, 0.6) is 5.75 Å². The van der Waals surface area contributed by atoms with Gasteiger partial charge in [-0.15, -0.1) is 0 Å². The van der Waals surface area contributed by atoms with E-state index in [0.29, 0.717) is 34.8 Å². The van der Waals surface area contributed by atoms with Gasteiger partial charge < -0.3 is 14.1 Å². The minimum atomic E-state index is -3.13. The maximum atomic E-state index is 12.9. The Hall–Kier alpha value is -1.99. The second-order valence-corrected chi connectivity index (χ2v) is 10.6. The molecule has 156 valence electrons. The lowest BCUT2D eigenvalue weighted by Gasteiger charge is -2.27. The summed E-state index contributed by atoms with van der Waals surface area (Å²) in [6.45, 7) is 2.22. The average molecular weight is 438 g/mol. The molecular formula is C21H24ClNO5S. The number of hydrogen-bond donors (Lipinski definition) is 0. The average Bonchev–Trinajstić information content (AvgIpc) is 3.06. The lowest BCUT2D eigenvalue weighted by atomic mass is 10.2. The number of sulfone groups is 1. The molecule has 6 nitrogen and oxygen atoms in total. The van der Waals surface area contributed by atoms with Crippen LogP contribution in [0.3, 0.4) is 0 Å². The van der Waals surface area contributed by atoms with E-state index in [1.165, 1.54) is 0 Å². The number of amides is 1. The van der Waals surface area contributed by atoms with E-state index in [1.807, 2.05) is 12.1 Å². The summed E-state index contributed by atoms with van der Waals surface area (Å²) in [7, 11) is -3.13. The van der Waals surface area contributed by atoms with Gasteiger partial charge in [0.1, 0.15) is 17.3 Å². The Bertz CT molecular complexity index is 1000. The van der Waals surface area contributed by atoms with Gasteiger partial charge in [0.25, 0.3) is 5.91 Å². The van der Waals surface area contributed by atoms with Crippen LogP contribution in [0.2, 0.25) is 5.02 Å². The van der Waals surface area contributed by atoms with E-state index in [-0.39, 0.29) is 36.6 Å². The molecule has 8 heteroatoms. The predicted octanol–water partition coefficient (Wildman–Crippen LogP) is 3.65. The standard InChI is InChI=1S/C21H24ClNO5S/c1-14-9-19(14)20-6-5-18(28-20)11-23(16-7-8-29(25,26)13-16)21(24)12-27-17-4-2-3-15(22)10-17/h2-6,10,14,16,19H,7-9,11-13H2,1H3. The second-order valence-electron chi connectivity index (χ2n) is 7.95. The molecule has 3 unspecified atom stereocenters. The zero-order chi connectivity index (χ0) is 20.6. The number of furan rings is 1. The van der Waals surface area contributed by atoms with E-state index in [9.17, 15) is 13.2 Å². The summed E-state index contributed by atoms with van der Waals surface area (Å²) < 4.78 is 35.5. The molecule has 1 aromatic carbocycles. The highest BCUT2D eigenvalue weighted by Gasteiger charge is 2.38. The molecule has 1 amide bonds. The first-order chi connectivity index (χ1) is 13.8. The third kappa shape index (κ3) is 4.95. The molecule has 0 bridgehead atoms. The Morgan fingerprint density at radius 2 is 2.10 bits per heavy atom. The minimum Gasteiger partial charge on any atom is -0.484 e. The van der Waals surface area contributed by atoms with E-state index in [1.54, 1.807) is 29.2 Å². The fraction of sp³-hybridized carbons (Fsp3) is 0.476. The van der Waals surface area contributed by atoms with E-state index in [4.69, 9.17) is 20.8 Å².